The first-order valence-electron chi connectivity index (χ1n) is 10.3. The van der Waals surface area contributed by atoms with Crippen molar-refractivity contribution in [3.05, 3.63) is 58.6 Å². The standard InChI is InChI=1S/C24H30ClNO5/c1-5-6-7-17(15-26-22(27)20-14-18(25)10-13-21(20)30-4)16-8-11-19(12-9-16)31-24(2,3)23(28)29/h8-14,17H,5-7,15H2,1-4H3,(H,26,27)(H,28,29). The van der Waals surface area contributed by atoms with Crippen molar-refractivity contribution >= 4 is 23.5 Å². The first-order chi connectivity index (χ1) is 14.7. The maximum Gasteiger partial charge on any atom is 0.347 e. The summed E-state index contributed by atoms with van der Waals surface area (Å²) in [6.07, 6.45) is 2.97. The molecule has 1 unspecified atom stereocenters. The molecule has 1 amide bonds. The smallest absolute Gasteiger partial charge is 0.347 e. The second kappa shape index (κ2) is 11.0. The molecule has 2 N–H and O–H groups in total. The van der Waals surface area contributed by atoms with Crippen LogP contribution in [0.4, 0.5) is 0 Å². The maximum atomic E-state index is 12.7. The number of benzene rings is 2. The van der Waals surface area contributed by atoms with Gasteiger partial charge in [0.1, 0.15) is 11.5 Å². The van der Waals surface area contributed by atoms with E-state index in [1.807, 2.05) is 12.1 Å². The van der Waals surface area contributed by atoms with Gasteiger partial charge in [0.15, 0.2) is 5.60 Å². The molecule has 0 saturated heterocycles. The number of ether oxygens (including phenoxy) is 2. The molecule has 2 rings (SSSR count). The minimum Gasteiger partial charge on any atom is -0.496 e. The van der Waals surface area contributed by atoms with E-state index < -0.39 is 11.6 Å². The van der Waals surface area contributed by atoms with Gasteiger partial charge < -0.3 is 19.9 Å². The molecule has 0 aliphatic rings. The van der Waals surface area contributed by atoms with Gasteiger partial charge in [-0.15, -0.1) is 0 Å². The van der Waals surface area contributed by atoms with Gasteiger partial charge in [-0.05, 0) is 56.2 Å². The van der Waals surface area contributed by atoms with Crippen molar-refractivity contribution in [3.63, 3.8) is 0 Å². The molecule has 0 aliphatic heterocycles. The number of unbranched alkanes of at least 4 members (excludes halogenated alkanes) is 1. The summed E-state index contributed by atoms with van der Waals surface area (Å²) >= 11 is 6.04. The topological polar surface area (TPSA) is 84.9 Å². The minimum absolute atomic E-state index is 0.107. The Hall–Kier alpha value is -2.73. The number of hydrogen-bond donors (Lipinski definition) is 2. The average molecular weight is 448 g/mol. The Labute approximate surface area is 188 Å². The van der Waals surface area contributed by atoms with Crippen molar-refractivity contribution in [2.24, 2.45) is 0 Å². The van der Waals surface area contributed by atoms with Crippen LogP contribution >= 0.6 is 11.6 Å². The molecule has 2 aromatic rings. The number of aliphatic carboxylic acids is 1. The quantitative estimate of drug-likeness (QED) is 0.488. The third-order valence-electron chi connectivity index (χ3n) is 5.06. The molecular weight excluding hydrogens is 418 g/mol. The van der Waals surface area contributed by atoms with Gasteiger partial charge in [-0.3, -0.25) is 4.79 Å². The number of hydrogen-bond acceptors (Lipinski definition) is 4. The Balaban J connectivity index is 2.12. The summed E-state index contributed by atoms with van der Waals surface area (Å²) in [7, 11) is 1.51. The van der Waals surface area contributed by atoms with Gasteiger partial charge in [0.05, 0.1) is 12.7 Å². The van der Waals surface area contributed by atoms with Gasteiger partial charge in [-0.25, -0.2) is 4.79 Å². The van der Waals surface area contributed by atoms with E-state index in [1.165, 1.54) is 21.0 Å². The van der Waals surface area contributed by atoms with Gasteiger partial charge in [0.2, 0.25) is 0 Å². The molecular formula is C24H30ClNO5. The lowest BCUT2D eigenvalue weighted by molar-refractivity contribution is -0.152. The highest BCUT2D eigenvalue weighted by Crippen LogP contribution is 2.27. The van der Waals surface area contributed by atoms with Crippen molar-refractivity contribution < 1.29 is 24.2 Å². The number of amides is 1. The van der Waals surface area contributed by atoms with Crippen LogP contribution in [0.5, 0.6) is 11.5 Å². The Morgan fingerprint density at radius 3 is 2.42 bits per heavy atom. The molecule has 0 radical (unpaired) electrons. The number of nitrogens with one attached hydrogen (secondary N) is 1. The fourth-order valence-electron chi connectivity index (χ4n) is 3.15. The number of carbonyl (C=O) groups excluding carboxylic acids is 1. The van der Waals surface area contributed by atoms with Gasteiger partial charge >= 0.3 is 5.97 Å². The molecule has 168 valence electrons. The zero-order valence-electron chi connectivity index (χ0n) is 18.4. The summed E-state index contributed by atoms with van der Waals surface area (Å²) in [4.78, 5) is 24.0. The minimum atomic E-state index is -1.31. The second-order valence-corrected chi connectivity index (χ2v) is 8.32. The number of halogens is 1. The van der Waals surface area contributed by atoms with E-state index in [2.05, 4.69) is 12.2 Å². The zero-order chi connectivity index (χ0) is 23.0. The Morgan fingerprint density at radius 1 is 1.16 bits per heavy atom. The number of carbonyl (C=O) groups is 2. The van der Waals surface area contributed by atoms with Crippen LogP contribution in [-0.4, -0.2) is 36.2 Å². The highest BCUT2D eigenvalue weighted by molar-refractivity contribution is 6.31. The van der Waals surface area contributed by atoms with Crippen LogP contribution < -0.4 is 14.8 Å². The van der Waals surface area contributed by atoms with Crippen LogP contribution in [0.15, 0.2) is 42.5 Å². The van der Waals surface area contributed by atoms with Gasteiger partial charge in [-0.2, -0.15) is 0 Å². The van der Waals surface area contributed by atoms with E-state index in [4.69, 9.17) is 21.1 Å². The highest BCUT2D eigenvalue weighted by Gasteiger charge is 2.29. The lowest BCUT2D eigenvalue weighted by Gasteiger charge is -2.23. The molecule has 2 aromatic carbocycles. The van der Waals surface area contributed by atoms with E-state index in [0.717, 1.165) is 24.8 Å². The summed E-state index contributed by atoms with van der Waals surface area (Å²) in [5.74, 6) is -0.219. The summed E-state index contributed by atoms with van der Waals surface area (Å²) < 4.78 is 10.8. The van der Waals surface area contributed by atoms with Crippen LogP contribution in [0.1, 0.15) is 61.9 Å². The van der Waals surface area contributed by atoms with Crippen LogP contribution in [0.3, 0.4) is 0 Å². The van der Waals surface area contributed by atoms with Gasteiger partial charge in [-0.1, -0.05) is 43.5 Å². The third kappa shape index (κ3) is 6.89. The Kier molecular flexibility index (Phi) is 8.75. The molecule has 1 atom stereocenters. The van der Waals surface area contributed by atoms with Gasteiger partial charge in [0.25, 0.3) is 5.91 Å². The predicted molar refractivity (Wildman–Crippen MR) is 121 cm³/mol. The predicted octanol–water partition coefficient (Wildman–Crippen LogP) is 5.29. The molecule has 7 heteroatoms. The van der Waals surface area contributed by atoms with E-state index in [-0.39, 0.29) is 11.8 Å². The van der Waals surface area contributed by atoms with E-state index >= 15 is 0 Å². The van der Waals surface area contributed by atoms with Crippen LogP contribution in [0.2, 0.25) is 5.02 Å². The van der Waals surface area contributed by atoms with Crippen LogP contribution in [0.25, 0.3) is 0 Å². The average Bonchev–Trinajstić information content (AvgIpc) is 2.74. The molecule has 0 bridgehead atoms. The lowest BCUT2D eigenvalue weighted by atomic mass is 9.93. The SMILES string of the molecule is CCCCC(CNC(=O)c1cc(Cl)ccc1OC)c1ccc(OC(C)(C)C(=O)O)cc1. The van der Waals surface area contributed by atoms with Crippen LogP contribution in [0, 0.1) is 0 Å². The number of carboxylic acid groups (broad SMARTS) is 1. The lowest BCUT2D eigenvalue weighted by Crippen LogP contribution is -2.37. The molecule has 6 nitrogen and oxygen atoms in total. The van der Waals surface area contributed by atoms with Crippen LogP contribution in [-0.2, 0) is 4.79 Å². The van der Waals surface area contributed by atoms with Crippen molar-refractivity contribution in [1.82, 2.24) is 5.32 Å². The molecule has 31 heavy (non-hydrogen) atoms. The Morgan fingerprint density at radius 2 is 1.84 bits per heavy atom. The molecule has 0 aromatic heterocycles. The van der Waals surface area contributed by atoms with E-state index in [1.54, 1.807) is 30.3 Å². The maximum absolute atomic E-state index is 12.7. The fourth-order valence-corrected chi connectivity index (χ4v) is 3.32. The summed E-state index contributed by atoms with van der Waals surface area (Å²) in [5.41, 5.74) is 0.129. The third-order valence-corrected chi connectivity index (χ3v) is 5.30. The van der Waals surface area contributed by atoms with Crippen molar-refractivity contribution in [2.45, 2.75) is 51.6 Å². The number of rotatable bonds is 11. The van der Waals surface area contributed by atoms with Gasteiger partial charge in [0, 0.05) is 17.5 Å². The zero-order valence-corrected chi connectivity index (χ0v) is 19.2. The number of methoxy groups -OCH3 is 1. The summed E-state index contributed by atoms with van der Waals surface area (Å²) in [5, 5.41) is 12.7. The summed E-state index contributed by atoms with van der Waals surface area (Å²) in [6.45, 7) is 5.59. The first kappa shape index (κ1) is 24.5. The largest absolute Gasteiger partial charge is 0.496 e. The summed E-state index contributed by atoms with van der Waals surface area (Å²) in [6, 6.07) is 12.3. The van der Waals surface area contributed by atoms with Crippen molar-refractivity contribution in [2.75, 3.05) is 13.7 Å². The monoisotopic (exact) mass is 447 g/mol. The molecule has 0 spiro atoms. The van der Waals surface area contributed by atoms with E-state index in [9.17, 15) is 14.7 Å². The highest BCUT2D eigenvalue weighted by atomic mass is 35.5. The van der Waals surface area contributed by atoms with Crippen molar-refractivity contribution in [1.29, 1.82) is 0 Å². The van der Waals surface area contributed by atoms with Crippen molar-refractivity contribution in [3.8, 4) is 11.5 Å². The fraction of sp³-hybridized carbons (Fsp3) is 0.417. The number of carboxylic acids is 1. The molecule has 0 fully saturated rings. The second-order valence-electron chi connectivity index (χ2n) is 7.88. The molecule has 0 aliphatic carbocycles. The first-order valence-corrected chi connectivity index (χ1v) is 10.7. The van der Waals surface area contributed by atoms with E-state index in [0.29, 0.717) is 28.6 Å². The normalized spacial score (nSPS) is 12.2. The molecule has 0 heterocycles. The Bertz CT molecular complexity index is 895. The molecule has 0 saturated carbocycles.